The van der Waals surface area contributed by atoms with Gasteiger partial charge < -0.3 is 10.0 Å². The van der Waals surface area contributed by atoms with Gasteiger partial charge in [-0.15, -0.1) is 0 Å². The third kappa shape index (κ3) is 4.39. The maximum Gasteiger partial charge on any atom is 0.404 e. The van der Waals surface area contributed by atoms with Crippen LogP contribution in [0.3, 0.4) is 0 Å². The molecule has 11 heteroatoms. The van der Waals surface area contributed by atoms with Gasteiger partial charge in [0.25, 0.3) is 0 Å². The Labute approximate surface area is 156 Å². The molecule has 0 radical (unpaired) electrons. The van der Waals surface area contributed by atoms with Crippen molar-refractivity contribution in [2.24, 2.45) is 22.7 Å². The maximum absolute atomic E-state index is 13.0. The Kier molecular flexibility index (Phi) is 5.14. The number of carboxylic acid groups (broad SMARTS) is 1. The minimum Gasteiger partial charge on any atom is -0.480 e. The first kappa shape index (κ1) is 21.9. The van der Waals surface area contributed by atoms with Crippen LogP contribution in [0.25, 0.3) is 0 Å². The van der Waals surface area contributed by atoms with E-state index in [-0.39, 0.29) is 23.8 Å². The molecular weight excluding hydrogens is 389 g/mol. The topological polar surface area (TPSA) is 104 Å². The molecule has 0 aromatic carbocycles. The van der Waals surface area contributed by atoms with Gasteiger partial charge in [0.1, 0.15) is 12.1 Å². The van der Waals surface area contributed by atoms with E-state index < -0.39 is 51.3 Å². The maximum atomic E-state index is 13.0. The van der Waals surface area contributed by atoms with Gasteiger partial charge in [0, 0.05) is 12.5 Å². The standard InChI is InChI=1S/C16H25F3N2O5S/c1-14(2,3)11(20-27(25,26)7-16(17,18)19)12(22)21-6-8-9(15(8,4)5)10(21)13(23)24/h8-11,20H,6-7H2,1-5H3,(H,23,24)/t8-,9-,10-,11+/m0/s1. The van der Waals surface area contributed by atoms with Crippen LogP contribution < -0.4 is 4.72 Å². The highest BCUT2D eigenvalue weighted by molar-refractivity contribution is 7.89. The van der Waals surface area contributed by atoms with Crippen molar-refractivity contribution >= 4 is 21.9 Å². The average Bonchev–Trinajstić information content (AvgIpc) is 2.81. The van der Waals surface area contributed by atoms with Crippen LogP contribution in [0.15, 0.2) is 0 Å². The molecule has 1 saturated heterocycles. The Hall–Kier alpha value is -1.36. The fourth-order valence-corrected chi connectivity index (χ4v) is 5.32. The highest BCUT2D eigenvalue weighted by Crippen LogP contribution is 2.65. The molecule has 0 aromatic heterocycles. The van der Waals surface area contributed by atoms with E-state index in [2.05, 4.69) is 0 Å². The molecule has 2 fully saturated rings. The van der Waals surface area contributed by atoms with Crippen LogP contribution in [0.1, 0.15) is 34.6 Å². The Morgan fingerprint density at radius 1 is 1.26 bits per heavy atom. The third-order valence-corrected chi connectivity index (χ3v) is 6.81. The summed E-state index contributed by atoms with van der Waals surface area (Å²) in [7, 11) is -4.83. The van der Waals surface area contributed by atoms with E-state index in [1.54, 1.807) is 0 Å². The largest absolute Gasteiger partial charge is 0.480 e. The van der Waals surface area contributed by atoms with Gasteiger partial charge >= 0.3 is 12.1 Å². The minimum absolute atomic E-state index is 0.0325. The number of nitrogens with zero attached hydrogens (tertiary/aromatic N) is 1. The molecule has 1 amide bonds. The van der Waals surface area contributed by atoms with Crippen LogP contribution in [0.5, 0.6) is 0 Å². The predicted octanol–water partition coefficient (Wildman–Crippen LogP) is 1.45. The molecule has 2 N–H and O–H groups in total. The zero-order chi connectivity index (χ0) is 21.2. The van der Waals surface area contributed by atoms with Crippen molar-refractivity contribution in [2.45, 2.75) is 52.9 Å². The first-order valence-corrected chi connectivity index (χ1v) is 10.1. The summed E-state index contributed by atoms with van der Waals surface area (Å²) in [4.78, 5) is 25.8. The van der Waals surface area contributed by atoms with E-state index in [1.807, 2.05) is 18.6 Å². The van der Waals surface area contributed by atoms with Gasteiger partial charge in [-0.2, -0.15) is 13.2 Å². The minimum atomic E-state index is -4.96. The summed E-state index contributed by atoms with van der Waals surface area (Å²) in [6.07, 6.45) is -4.96. The quantitative estimate of drug-likeness (QED) is 0.709. The summed E-state index contributed by atoms with van der Waals surface area (Å²) in [6, 6.07) is -2.62. The van der Waals surface area contributed by atoms with Gasteiger partial charge in [-0.1, -0.05) is 34.6 Å². The van der Waals surface area contributed by atoms with Crippen LogP contribution in [-0.4, -0.2) is 60.9 Å². The number of carboxylic acids is 1. The number of alkyl halides is 3. The number of sulfonamides is 1. The average molecular weight is 414 g/mol. The van der Waals surface area contributed by atoms with Crippen molar-refractivity contribution < 1.29 is 36.3 Å². The van der Waals surface area contributed by atoms with Crippen LogP contribution in [0.4, 0.5) is 13.2 Å². The number of rotatable bonds is 5. The molecule has 0 unspecified atom stereocenters. The van der Waals surface area contributed by atoms with Gasteiger partial charge in [0.2, 0.25) is 15.9 Å². The Morgan fingerprint density at radius 3 is 2.19 bits per heavy atom. The summed E-state index contributed by atoms with van der Waals surface area (Å²) >= 11 is 0. The summed E-state index contributed by atoms with van der Waals surface area (Å²) < 4.78 is 63.2. The Bertz CT molecular complexity index is 742. The van der Waals surface area contributed by atoms with Gasteiger partial charge in [-0.3, -0.25) is 4.79 Å². The molecule has 7 nitrogen and oxygen atoms in total. The fourth-order valence-electron chi connectivity index (χ4n) is 4.00. The SMILES string of the molecule is CC(C)(C)[C@H](NS(=O)(=O)CC(F)(F)F)C(=O)N1C[C@H]2[C@@H]([C@H]1C(=O)O)C2(C)C. The van der Waals surface area contributed by atoms with Crippen molar-refractivity contribution in [2.75, 3.05) is 12.3 Å². The Balaban J connectivity index is 2.28. The van der Waals surface area contributed by atoms with Crippen molar-refractivity contribution in [3.63, 3.8) is 0 Å². The molecule has 0 bridgehead atoms. The van der Waals surface area contributed by atoms with Crippen LogP contribution in [0, 0.1) is 22.7 Å². The van der Waals surface area contributed by atoms with Gasteiger partial charge in [0.05, 0.1) is 0 Å². The summed E-state index contributed by atoms with van der Waals surface area (Å²) in [6.45, 7) is 8.44. The number of nitrogens with one attached hydrogen (secondary N) is 1. The third-order valence-electron chi connectivity index (χ3n) is 5.51. The number of hydrogen-bond donors (Lipinski definition) is 2. The first-order valence-electron chi connectivity index (χ1n) is 8.48. The van der Waals surface area contributed by atoms with E-state index in [9.17, 15) is 36.3 Å². The molecule has 1 aliphatic carbocycles. The fraction of sp³-hybridized carbons (Fsp3) is 0.875. The second-order valence-electron chi connectivity index (χ2n) is 9.02. The molecule has 4 atom stereocenters. The summed E-state index contributed by atoms with van der Waals surface area (Å²) in [5.74, 6) is -4.42. The molecular formula is C16H25F3N2O5S. The molecule has 1 aliphatic heterocycles. The number of hydrogen-bond acceptors (Lipinski definition) is 4. The highest BCUT2D eigenvalue weighted by Gasteiger charge is 2.70. The lowest BCUT2D eigenvalue weighted by Gasteiger charge is -2.36. The molecule has 2 aliphatic rings. The number of carbonyl (C=O) groups is 2. The van der Waals surface area contributed by atoms with E-state index >= 15 is 0 Å². The predicted molar refractivity (Wildman–Crippen MR) is 90.1 cm³/mol. The Morgan fingerprint density at radius 2 is 1.78 bits per heavy atom. The zero-order valence-corrected chi connectivity index (χ0v) is 16.6. The van der Waals surface area contributed by atoms with Crippen molar-refractivity contribution in [1.82, 2.24) is 9.62 Å². The van der Waals surface area contributed by atoms with Gasteiger partial charge in [-0.05, 0) is 16.7 Å². The van der Waals surface area contributed by atoms with Crippen molar-refractivity contribution in [3.8, 4) is 0 Å². The zero-order valence-electron chi connectivity index (χ0n) is 15.8. The van der Waals surface area contributed by atoms with Crippen LogP contribution >= 0.6 is 0 Å². The van der Waals surface area contributed by atoms with Crippen molar-refractivity contribution in [3.05, 3.63) is 0 Å². The van der Waals surface area contributed by atoms with E-state index in [1.165, 1.54) is 20.8 Å². The molecule has 1 heterocycles. The summed E-state index contributed by atoms with van der Waals surface area (Å²) in [5, 5.41) is 9.55. The first-order chi connectivity index (χ1) is 11.9. The van der Waals surface area contributed by atoms with Crippen molar-refractivity contribution in [1.29, 1.82) is 0 Å². The van der Waals surface area contributed by atoms with Crippen LogP contribution in [-0.2, 0) is 19.6 Å². The monoisotopic (exact) mass is 414 g/mol. The highest BCUT2D eigenvalue weighted by atomic mass is 32.2. The molecule has 27 heavy (non-hydrogen) atoms. The van der Waals surface area contributed by atoms with Crippen LogP contribution in [0.2, 0.25) is 0 Å². The lowest BCUT2D eigenvalue weighted by Crippen LogP contribution is -2.58. The van der Waals surface area contributed by atoms with Gasteiger partial charge in [-0.25, -0.2) is 17.9 Å². The number of likely N-dealkylation sites (tertiary alicyclic amines) is 1. The van der Waals surface area contributed by atoms with E-state index in [0.717, 1.165) is 4.90 Å². The van der Waals surface area contributed by atoms with E-state index in [4.69, 9.17) is 0 Å². The number of piperidine rings is 1. The molecule has 1 saturated carbocycles. The molecule has 156 valence electrons. The normalized spacial score (nSPS) is 28.6. The van der Waals surface area contributed by atoms with E-state index in [0.29, 0.717) is 0 Å². The number of fused-ring (bicyclic) bond motifs is 1. The number of aliphatic carboxylic acids is 1. The number of amides is 1. The van der Waals surface area contributed by atoms with Gasteiger partial charge in [0.15, 0.2) is 5.75 Å². The molecule has 0 spiro atoms. The summed E-state index contributed by atoms with van der Waals surface area (Å²) in [5.41, 5.74) is -1.30. The smallest absolute Gasteiger partial charge is 0.404 e. The molecule has 2 rings (SSSR count). The lowest BCUT2D eigenvalue weighted by atomic mass is 9.86. The lowest BCUT2D eigenvalue weighted by molar-refractivity contribution is -0.152. The number of halogens is 3. The second kappa shape index (κ2) is 6.33. The number of carbonyl (C=O) groups excluding carboxylic acids is 1. The second-order valence-corrected chi connectivity index (χ2v) is 10.8. The molecule has 0 aromatic rings.